The molecule has 0 aliphatic rings. The van der Waals surface area contributed by atoms with Gasteiger partial charge in [0.05, 0.1) is 11.4 Å². The Bertz CT molecular complexity index is 577. The average molecular weight is 243 g/mol. The van der Waals surface area contributed by atoms with Crippen LogP contribution >= 0.6 is 0 Å². The highest BCUT2D eigenvalue weighted by molar-refractivity contribution is 5.66. The van der Waals surface area contributed by atoms with Crippen LogP contribution in [0.15, 0.2) is 53.5 Å². The molecule has 2 aromatic rings. The number of nitrogen functional groups attached to an aromatic ring is 1. The Balaban J connectivity index is 2.05. The monoisotopic (exact) mass is 243 g/mol. The van der Waals surface area contributed by atoms with E-state index in [0.29, 0.717) is 6.54 Å². The molecule has 0 aliphatic heterocycles. The number of aromatic nitrogens is 1. The fraction of sp³-hybridized carbons (Fsp3) is 0.214. The van der Waals surface area contributed by atoms with E-state index in [4.69, 9.17) is 5.73 Å². The number of para-hydroxylation sites is 2. The third-order valence-corrected chi connectivity index (χ3v) is 2.92. The second-order valence-corrected chi connectivity index (χ2v) is 4.21. The van der Waals surface area contributed by atoms with Crippen LogP contribution in [-0.4, -0.2) is 18.2 Å². The molecular formula is C14H17N3O. The van der Waals surface area contributed by atoms with Gasteiger partial charge in [-0.1, -0.05) is 18.2 Å². The van der Waals surface area contributed by atoms with Crippen LogP contribution < -0.4 is 16.2 Å². The molecule has 94 valence electrons. The Morgan fingerprint density at radius 1 is 1.17 bits per heavy atom. The average Bonchev–Trinajstić information content (AvgIpc) is 2.38. The minimum atomic E-state index is 0.0203. The van der Waals surface area contributed by atoms with Gasteiger partial charge in [0, 0.05) is 32.4 Å². The van der Waals surface area contributed by atoms with Crippen LogP contribution in [0.2, 0.25) is 0 Å². The summed E-state index contributed by atoms with van der Waals surface area (Å²) in [5, 5.41) is 0. The lowest BCUT2D eigenvalue weighted by atomic mass is 10.2. The Morgan fingerprint density at radius 3 is 2.61 bits per heavy atom. The van der Waals surface area contributed by atoms with Crippen LogP contribution in [0.4, 0.5) is 11.4 Å². The van der Waals surface area contributed by atoms with E-state index in [0.717, 1.165) is 17.9 Å². The normalized spacial score (nSPS) is 10.3. The van der Waals surface area contributed by atoms with Gasteiger partial charge in [0.25, 0.3) is 5.56 Å². The highest BCUT2D eigenvalue weighted by atomic mass is 16.1. The first kappa shape index (κ1) is 12.2. The van der Waals surface area contributed by atoms with Gasteiger partial charge >= 0.3 is 0 Å². The van der Waals surface area contributed by atoms with Crippen LogP contribution in [0.5, 0.6) is 0 Å². The molecule has 4 heteroatoms. The third kappa shape index (κ3) is 2.71. The highest BCUT2D eigenvalue weighted by Crippen LogP contribution is 2.20. The van der Waals surface area contributed by atoms with Gasteiger partial charge < -0.3 is 15.2 Å². The number of nitrogens with two attached hydrogens (primary N) is 1. The number of hydrogen-bond donors (Lipinski definition) is 1. The molecule has 2 rings (SSSR count). The van der Waals surface area contributed by atoms with Gasteiger partial charge in [0.2, 0.25) is 0 Å². The van der Waals surface area contributed by atoms with Crippen molar-refractivity contribution in [1.29, 1.82) is 0 Å². The fourth-order valence-electron chi connectivity index (χ4n) is 1.86. The van der Waals surface area contributed by atoms with Crippen molar-refractivity contribution in [3.05, 3.63) is 59.0 Å². The topological polar surface area (TPSA) is 51.3 Å². The molecule has 2 N–H and O–H groups in total. The van der Waals surface area contributed by atoms with Crippen LogP contribution in [0, 0.1) is 0 Å². The summed E-state index contributed by atoms with van der Waals surface area (Å²) in [6, 6.07) is 12.9. The summed E-state index contributed by atoms with van der Waals surface area (Å²) in [6.07, 6.45) is 1.80. The number of likely N-dealkylation sites (N-methyl/N-ethyl adjacent to an activating group) is 1. The lowest BCUT2D eigenvalue weighted by Crippen LogP contribution is -2.28. The zero-order valence-corrected chi connectivity index (χ0v) is 10.4. The van der Waals surface area contributed by atoms with Gasteiger partial charge in [-0.2, -0.15) is 0 Å². The molecular weight excluding hydrogens is 226 g/mol. The molecule has 0 unspecified atom stereocenters. The maximum Gasteiger partial charge on any atom is 0.250 e. The summed E-state index contributed by atoms with van der Waals surface area (Å²) in [5.74, 6) is 0. The molecule has 1 aromatic heterocycles. The van der Waals surface area contributed by atoms with Gasteiger partial charge in [0.15, 0.2) is 0 Å². The predicted molar refractivity (Wildman–Crippen MR) is 74.8 cm³/mol. The van der Waals surface area contributed by atoms with Gasteiger partial charge in [-0.05, 0) is 18.2 Å². The molecule has 1 aromatic carbocycles. The zero-order chi connectivity index (χ0) is 13.0. The second-order valence-electron chi connectivity index (χ2n) is 4.21. The smallest absolute Gasteiger partial charge is 0.250 e. The maximum atomic E-state index is 11.6. The zero-order valence-electron chi connectivity index (χ0n) is 10.4. The quantitative estimate of drug-likeness (QED) is 0.829. The van der Waals surface area contributed by atoms with Crippen LogP contribution in [0.3, 0.4) is 0 Å². The van der Waals surface area contributed by atoms with E-state index in [1.54, 1.807) is 22.9 Å². The molecule has 0 atom stereocenters. The molecule has 0 bridgehead atoms. The Labute approximate surface area is 106 Å². The first-order valence-corrected chi connectivity index (χ1v) is 5.89. The number of nitrogens with zero attached hydrogens (tertiary/aromatic N) is 2. The summed E-state index contributed by atoms with van der Waals surface area (Å²) in [6.45, 7) is 1.38. The van der Waals surface area contributed by atoms with E-state index in [1.807, 2.05) is 37.4 Å². The molecule has 0 aliphatic carbocycles. The van der Waals surface area contributed by atoms with E-state index in [-0.39, 0.29) is 5.56 Å². The minimum Gasteiger partial charge on any atom is -0.397 e. The Morgan fingerprint density at radius 2 is 1.89 bits per heavy atom. The number of pyridine rings is 1. The molecule has 0 radical (unpaired) electrons. The molecule has 0 fully saturated rings. The molecule has 0 saturated carbocycles. The van der Waals surface area contributed by atoms with Crippen molar-refractivity contribution in [2.75, 3.05) is 24.2 Å². The van der Waals surface area contributed by atoms with E-state index in [1.165, 1.54) is 0 Å². The molecule has 4 nitrogen and oxygen atoms in total. The molecule has 0 spiro atoms. The van der Waals surface area contributed by atoms with Gasteiger partial charge in [0.1, 0.15) is 0 Å². The third-order valence-electron chi connectivity index (χ3n) is 2.92. The predicted octanol–water partition coefficient (Wildman–Crippen LogP) is 1.57. The number of rotatable bonds is 4. The minimum absolute atomic E-state index is 0.0203. The van der Waals surface area contributed by atoms with Crippen LogP contribution in [0.1, 0.15) is 0 Å². The summed E-state index contributed by atoms with van der Waals surface area (Å²) in [5.41, 5.74) is 7.67. The Kier molecular flexibility index (Phi) is 3.67. The van der Waals surface area contributed by atoms with Crippen molar-refractivity contribution in [2.45, 2.75) is 6.54 Å². The lowest BCUT2D eigenvalue weighted by molar-refractivity contribution is 0.661. The van der Waals surface area contributed by atoms with Crippen molar-refractivity contribution >= 4 is 11.4 Å². The van der Waals surface area contributed by atoms with Crippen LogP contribution in [-0.2, 0) is 6.54 Å². The highest BCUT2D eigenvalue weighted by Gasteiger charge is 2.04. The summed E-state index contributed by atoms with van der Waals surface area (Å²) in [4.78, 5) is 13.6. The fourth-order valence-corrected chi connectivity index (χ4v) is 1.86. The molecule has 0 saturated heterocycles. The molecule has 1 heterocycles. The van der Waals surface area contributed by atoms with E-state index < -0.39 is 0 Å². The van der Waals surface area contributed by atoms with Gasteiger partial charge in [-0.3, -0.25) is 4.79 Å². The van der Waals surface area contributed by atoms with Gasteiger partial charge in [-0.15, -0.1) is 0 Å². The first-order chi connectivity index (χ1) is 8.68. The van der Waals surface area contributed by atoms with E-state index in [9.17, 15) is 4.79 Å². The van der Waals surface area contributed by atoms with Crippen molar-refractivity contribution in [1.82, 2.24) is 4.57 Å². The number of hydrogen-bond acceptors (Lipinski definition) is 3. The SMILES string of the molecule is CN(CCn1ccccc1=O)c1ccccc1N. The van der Waals surface area contributed by atoms with Crippen LogP contribution in [0.25, 0.3) is 0 Å². The van der Waals surface area contributed by atoms with E-state index in [2.05, 4.69) is 4.90 Å². The van der Waals surface area contributed by atoms with Crippen molar-refractivity contribution in [3.63, 3.8) is 0 Å². The standard InChI is InChI=1S/C14H17N3O/c1-16(13-7-3-2-6-12(13)15)10-11-17-9-5-4-8-14(17)18/h2-9H,10-11,15H2,1H3. The lowest BCUT2D eigenvalue weighted by Gasteiger charge is -2.21. The van der Waals surface area contributed by atoms with Crippen molar-refractivity contribution < 1.29 is 0 Å². The van der Waals surface area contributed by atoms with Gasteiger partial charge in [-0.25, -0.2) is 0 Å². The number of anilines is 2. The van der Waals surface area contributed by atoms with E-state index >= 15 is 0 Å². The maximum absolute atomic E-state index is 11.6. The molecule has 18 heavy (non-hydrogen) atoms. The number of benzene rings is 1. The largest absolute Gasteiger partial charge is 0.397 e. The second kappa shape index (κ2) is 5.40. The summed E-state index contributed by atoms with van der Waals surface area (Å²) >= 11 is 0. The first-order valence-electron chi connectivity index (χ1n) is 5.89. The summed E-state index contributed by atoms with van der Waals surface area (Å²) < 4.78 is 1.69. The summed E-state index contributed by atoms with van der Waals surface area (Å²) in [7, 11) is 1.97. The molecule has 0 amide bonds. The van der Waals surface area contributed by atoms with Crippen molar-refractivity contribution in [2.24, 2.45) is 0 Å². The van der Waals surface area contributed by atoms with Crippen molar-refractivity contribution in [3.8, 4) is 0 Å². The Hall–Kier alpha value is -2.23.